The molecule has 1 heterocycles. The Labute approximate surface area is 186 Å². The second kappa shape index (κ2) is 9.53. The number of ether oxygens (including phenoxy) is 2. The van der Waals surface area contributed by atoms with Crippen molar-refractivity contribution in [1.82, 2.24) is 4.98 Å². The average molecular weight is 431 g/mol. The highest BCUT2D eigenvalue weighted by atomic mass is 16.5. The number of hydrogen-bond acceptors (Lipinski definition) is 6. The standard InChI is InChI=1S/C25H25N3O4/c1-3-13-32-25(30)26-17-8-6-7-16(14-17)24(29)28-23-19-9-4-5-10-21(19)27-22-15-18(31-2)11-12-20(22)23/h4-12,14-15,24,29H,3,13H2,1-2H3,(H,26,30)(H,27,28). The van der Waals surface area contributed by atoms with Crippen molar-refractivity contribution in [2.75, 3.05) is 24.4 Å². The Hall–Kier alpha value is -3.84. The summed E-state index contributed by atoms with van der Waals surface area (Å²) in [5, 5.41) is 18.7. The summed E-state index contributed by atoms with van der Waals surface area (Å²) in [6.07, 6.45) is -0.790. The van der Waals surface area contributed by atoms with Gasteiger partial charge in [0.15, 0.2) is 6.23 Å². The van der Waals surface area contributed by atoms with E-state index in [1.165, 1.54) is 0 Å². The fraction of sp³-hybridized carbons (Fsp3) is 0.200. The Balaban J connectivity index is 1.67. The molecule has 0 saturated carbocycles. The zero-order chi connectivity index (χ0) is 22.5. The van der Waals surface area contributed by atoms with Crippen LogP contribution in [-0.4, -0.2) is 29.9 Å². The average Bonchev–Trinajstić information content (AvgIpc) is 2.82. The summed E-state index contributed by atoms with van der Waals surface area (Å²) in [7, 11) is 1.62. The van der Waals surface area contributed by atoms with E-state index < -0.39 is 12.3 Å². The molecule has 7 nitrogen and oxygen atoms in total. The van der Waals surface area contributed by atoms with Crippen LogP contribution in [0.2, 0.25) is 0 Å². The number of amides is 1. The summed E-state index contributed by atoms with van der Waals surface area (Å²) in [6.45, 7) is 2.28. The molecule has 164 valence electrons. The van der Waals surface area contributed by atoms with E-state index >= 15 is 0 Å². The van der Waals surface area contributed by atoms with Gasteiger partial charge in [-0.05, 0) is 36.8 Å². The summed E-state index contributed by atoms with van der Waals surface area (Å²) >= 11 is 0. The number of aromatic nitrogens is 1. The molecule has 4 aromatic rings. The lowest BCUT2D eigenvalue weighted by molar-refractivity contribution is 0.161. The minimum Gasteiger partial charge on any atom is -0.497 e. The van der Waals surface area contributed by atoms with Crippen LogP contribution in [0, 0.1) is 0 Å². The molecular weight excluding hydrogens is 406 g/mol. The first-order valence-electron chi connectivity index (χ1n) is 10.4. The number of nitrogens with one attached hydrogen (secondary N) is 2. The van der Waals surface area contributed by atoms with Crippen LogP contribution < -0.4 is 15.4 Å². The maximum atomic E-state index is 11.9. The molecule has 0 aliphatic carbocycles. The number of para-hydroxylation sites is 1. The lowest BCUT2D eigenvalue weighted by Crippen LogP contribution is -2.15. The van der Waals surface area contributed by atoms with E-state index in [4.69, 9.17) is 14.5 Å². The fourth-order valence-corrected chi connectivity index (χ4v) is 3.51. The largest absolute Gasteiger partial charge is 0.497 e. The first kappa shape index (κ1) is 21.4. The summed E-state index contributed by atoms with van der Waals surface area (Å²) in [5.74, 6) is 0.709. The third-order valence-electron chi connectivity index (χ3n) is 5.06. The van der Waals surface area contributed by atoms with Gasteiger partial charge < -0.3 is 19.9 Å². The number of aliphatic hydroxyl groups is 1. The Morgan fingerprint density at radius 1 is 1.03 bits per heavy atom. The third-order valence-corrected chi connectivity index (χ3v) is 5.06. The van der Waals surface area contributed by atoms with Gasteiger partial charge in [-0.2, -0.15) is 0 Å². The second-order valence-corrected chi connectivity index (χ2v) is 7.32. The molecule has 0 saturated heterocycles. The van der Waals surface area contributed by atoms with Crippen molar-refractivity contribution in [1.29, 1.82) is 0 Å². The Morgan fingerprint density at radius 3 is 2.66 bits per heavy atom. The zero-order valence-electron chi connectivity index (χ0n) is 18.0. The number of carbonyl (C=O) groups excluding carboxylic acids is 1. The zero-order valence-corrected chi connectivity index (χ0v) is 18.0. The Kier molecular flexibility index (Phi) is 6.37. The molecule has 0 bridgehead atoms. The van der Waals surface area contributed by atoms with E-state index in [0.29, 0.717) is 23.6 Å². The Bertz CT molecular complexity index is 1260. The lowest BCUT2D eigenvalue weighted by Gasteiger charge is -2.19. The normalized spacial score (nSPS) is 11.8. The van der Waals surface area contributed by atoms with Gasteiger partial charge in [-0.15, -0.1) is 0 Å². The highest BCUT2D eigenvalue weighted by Crippen LogP contribution is 2.34. The van der Waals surface area contributed by atoms with Gasteiger partial charge in [-0.3, -0.25) is 5.32 Å². The number of nitrogens with zero attached hydrogens (tertiary/aromatic N) is 1. The first-order chi connectivity index (χ1) is 15.6. The Morgan fingerprint density at radius 2 is 1.84 bits per heavy atom. The van der Waals surface area contributed by atoms with E-state index in [2.05, 4.69) is 10.6 Å². The molecule has 32 heavy (non-hydrogen) atoms. The van der Waals surface area contributed by atoms with Gasteiger partial charge in [0.1, 0.15) is 5.75 Å². The molecule has 3 N–H and O–H groups in total. The van der Waals surface area contributed by atoms with Crippen molar-refractivity contribution in [3.63, 3.8) is 0 Å². The van der Waals surface area contributed by atoms with Gasteiger partial charge in [0, 0.05) is 28.1 Å². The number of anilines is 2. The SMILES string of the molecule is CCCOC(=O)Nc1cccc(C(O)Nc2c3ccccc3nc3cc(OC)ccc23)c1. The van der Waals surface area contributed by atoms with Crippen LogP contribution in [0.4, 0.5) is 16.2 Å². The minimum absolute atomic E-state index is 0.350. The molecule has 0 spiro atoms. The van der Waals surface area contributed by atoms with E-state index in [0.717, 1.165) is 33.9 Å². The van der Waals surface area contributed by atoms with Crippen molar-refractivity contribution in [2.45, 2.75) is 19.6 Å². The third kappa shape index (κ3) is 4.58. The van der Waals surface area contributed by atoms with Crippen LogP contribution in [0.1, 0.15) is 25.1 Å². The summed E-state index contributed by atoms with van der Waals surface area (Å²) in [6, 6.07) is 20.4. The van der Waals surface area contributed by atoms with Crippen LogP contribution in [0.25, 0.3) is 21.8 Å². The highest BCUT2D eigenvalue weighted by molar-refractivity contribution is 6.07. The summed E-state index contributed by atoms with van der Waals surface area (Å²) in [4.78, 5) is 16.6. The predicted octanol–water partition coefficient (Wildman–Crippen LogP) is 5.46. The number of fused-ring (bicyclic) bond motifs is 2. The van der Waals surface area contributed by atoms with Crippen LogP contribution in [0.3, 0.4) is 0 Å². The van der Waals surface area contributed by atoms with Crippen molar-refractivity contribution >= 4 is 39.3 Å². The van der Waals surface area contributed by atoms with Crippen LogP contribution in [0.5, 0.6) is 5.75 Å². The van der Waals surface area contributed by atoms with E-state index in [-0.39, 0.29) is 0 Å². The topological polar surface area (TPSA) is 92.7 Å². The van der Waals surface area contributed by atoms with Crippen molar-refractivity contribution in [3.8, 4) is 5.75 Å². The molecule has 0 radical (unpaired) electrons. The molecule has 1 amide bonds. The van der Waals surface area contributed by atoms with Gasteiger partial charge >= 0.3 is 6.09 Å². The molecule has 1 atom stereocenters. The molecule has 0 aliphatic rings. The second-order valence-electron chi connectivity index (χ2n) is 7.32. The number of benzene rings is 3. The van der Waals surface area contributed by atoms with Gasteiger partial charge in [0.25, 0.3) is 0 Å². The number of pyridine rings is 1. The molecule has 0 aliphatic heterocycles. The smallest absolute Gasteiger partial charge is 0.411 e. The van der Waals surface area contributed by atoms with Crippen LogP contribution in [0.15, 0.2) is 66.7 Å². The number of hydrogen-bond donors (Lipinski definition) is 3. The van der Waals surface area contributed by atoms with Crippen molar-refractivity contribution in [3.05, 3.63) is 72.3 Å². The van der Waals surface area contributed by atoms with Gasteiger partial charge in [-0.1, -0.05) is 37.3 Å². The molecule has 1 unspecified atom stereocenters. The monoisotopic (exact) mass is 431 g/mol. The van der Waals surface area contributed by atoms with Gasteiger partial charge in [-0.25, -0.2) is 9.78 Å². The van der Waals surface area contributed by atoms with E-state index in [1.807, 2.05) is 49.4 Å². The van der Waals surface area contributed by atoms with E-state index in [9.17, 15) is 9.90 Å². The molecule has 4 rings (SSSR count). The van der Waals surface area contributed by atoms with Gasteiger partial charge in [0.2, 0.25) is 0 Å². The number of aliphatic hydroxyl groups excluding tert-OH is 1. The highest BCUT2D eigenvalue weighted by Gasteiger charge is 2.15. The first-order valence-corrected chi connectivity index (χ1v) is 10.4. The minimum atomic E-state index is -1.01. The molecular formula is C25H25N3O4. The number of carbonyl (C=O) groups is 1. The number of rotatable bonds is 7. The fourth-order valence-electron chi connectivity index (χ4n) is 3.51. The summed E-state index contributed by atoms with van der Waals surface area (Å²) < 4.78 is 10.4. The molecule has 3 aromatic carbocycles. The maximum absolute atomic E-state index is 11.9. The van der Waals surface area contributed by atoms with E-state index in [1.54, 1.807) is 31.4 Å². The summed E-state index contributed by atoms with van der Waals surface area (Å²) in [5.41, 5.74) is 3.46. The molecule has 1 aromatic heterocycles. The number of methoxy groups -OCH3 is 1. The van der Waals surface area contributed by atoms with Crippen molar-refractivity contribution < 1.29 is 19.4 Å². The van der Waals surface area contributed by atoms with Crippen LogP contribution >= 0.6 is 0 Å². The van der Waals surface area contributed by atoms with Crippen LogP contribution in [-0.2, 0) is 4.74 Å². The predicted molar refractivity (Wildman–Crippen MR) is 126 cm³/mol. The van der Waals surface area contributed by atoms with Gasteiger partial charge in [0.05, 0.1) is 30.4 Å². The van der Waals surface area contributed by atoms with Crippen molar-refractivity contribution in [2.24, 2.45) is 0 Å². The lowest BCUT2D eigenvalue weighted by atomic mass is 10.1. The molecule has 0 fully saturated rings. The quantitative estimate of drug-likeness (QED) is 0.266. The molecule has 7 heteroatoms. The maximum Gasteiger partial charge on any atom is 0.411 e.